The van der Waals surface area contributed by atoms with Crippen molar-refractivity contribution < 1.29 is 17.6 Å². The molecule has 0 bridgehead atoms. The normalized spacial score (nSPS) is 13.7. The highest BCUT2D eigenvalue weighted by Gasteiger charge is 2.25. The molecule has 0 aliphatic heterocycles. The Labute approximate surface area is 97.8 Å². The summed E-state index contributed by atoms with van der Waals surface area (Å²) >= 11 is 0. The molecule has 0 fully saturated rings. The van der Waals surface area contributed by atoms with Crippen molar-refractivity contribution >= 4 is 0 Å². The van der Waals surface area contributed by atoms with Crippen molar-refractivity contribution in [3.63, 3.8) is 0 Å². The highest BCUT2D eigenvalue weighted by atomic mass is 19.4. The van der Waals surface area contributed by atoms with E-state index in [2.05, 4.69) is 5.32 Å². The van der Waals surface area contributed by atoms with Crippen molar-refractivity contribution in [1.29, 1.82) is 0 Å². The van der Waals surface area contributed by atoms with Crippen molar-refractivity contribution in [1.82, 2.24) is 5.32 Å². The third-order valence-electron chi connectivity index (χ3n) is 2.44. The van der Waals surface area contributed by atoms with Gasteiger partial charge in [-0.05, 0) is 37.6 Å². The molecule has 0 saturated heterocycles. The van der Waals surface area contributed by atoms with Crippen LogP contribution in [0.15, 0.2) is 24.3 Å². The molecule has 1 N–H and O–H groups in total. The number of rotatable bonds is 5. The molecule has 1 atom stereocenters. The molecule has 1 aromatic rings. The summed E-state index contributed by atoms with van der Waals surface area (Å²) < 4.78 is 48.5. The first-order chi connectivity index (χ1) is 7.88. The molecular weight excluding hydrogens is 234 g/mol. The molecule has 0 amide bonds. The van der Waals surface area contributed by atoms with E-state index in [-0.39, 0.29) is 24.8 Å². The first-order valence-electron chi connectivity index (χ1n) is 5.44. The molecule has 0 heterocycles. The molecule has 0 aliphatic carbocycles. The molecule has 0 saturated carbocycles. The van der Waals surface area contributed by atoms with Gasteiger partial charge in [0.2, 0.25) is 0 Å². The van der Waals surface area contributed by atoms with Crippen molar-refractivity contribution in [2.24, 2.45) is 0 Å². The highest BCUT2D eigenvalue weighted by molar-refractivity contribution is 5.19. The maximum atomic E-state index is 12.9. The Morgan fingerprint density at radius 1 is 1.29 bits per heavy atom. The first-order valence-corrected chi connectivity index (χ1v) is 5.44. The average Bonchev–Trinajstić information content (AvgIpc) is 2.23. The molecule has 0 aliphatic rings. The maximum Gasteiger partial charge on any atom is 0.389 e. The standard InChI is InChI=1S/C12H15F4N/c1-9(10-4-2-5-11(13)8-10)17-7-3-6-12(14,15)16/h2,4-5,8-9,17H,3,6-7H2,1H3. The smallest absolute Gasteiger partial charge is 0.310 e. The summed E-state index contributed by atoms with van der Waals surface area (Å²) in [5.74, 6) is -0.341. The molecular formula is C12H15F4N. The fraction of sp³-hybridized carbons (Fsp3) is 0.500. The van der Waals surface area contributed by atoms with Gasteiger partial charge in [-0.3, -0.25) is 0 Å². The van der Waals surface area contributed by atoms with Gasteiger partial charge in [0.1, 0.15) is 5.82 Å². The van der Waals surface area contributed by atoms with Gasteiger partial charge in [-0.15, -0.1) is 0 Å². The van der Waals surface area contributed by atoms with E-state index < -0.39 is 12.6 Å². The Morgan fingerprint density at radius 2 is 2.00 bits per heavy atom. The van der Waals surface area contributed by atoms with Crippen LogP contribution in [0.1, 0.15) is 31.4 Å². The summed E-state index contributed by atoms with van der Waals surface area (Å²) in [5, 5.41) is 2.93. The number of hydrogen-bond donors (Lipinski definition) is 1. The predicted molar refractivity (Wildman–Crippen MR) is 58.1 cm³/mol. The summed E-state index contributed by atoms with van der Waals surface area (Å²) in [6, 6.07) is 5.88. The fourth-order valence-corrected chi connectivity index (χ4v) is 1.50. The second kappa shape index (κ2) is 6.00. The molecule has 1 unspecified atom stereocenters. The van der Waals surface area contributed by atoms with E-state index in [1.807, 2.05) is 0 Å². The molecule has 1 nitrogen and oxygen atoms in total. The van der Waals surface area contributed by atoms with Gasteiger partial charge in [-0.25, -0.2) is 4.39 Å². The summed E-state index contributed by atoms with van der Waals surface area (Å²) in [6.45, 7) is 2.06. The van der Waals surface area contributed by atoms with Crippen LogP contribution in [0.2, 0.25) is 0 Å². The summed E-state index contributed by atoms with van der Waals surface area (Å²) in [4.78, 5) is 0. The SMILES string of the molecule is CC(NCCCC(F)(F)F)c1cccc(F)c1. The van der Waals surface area contributed by atoms with E-state index >= 15 is 0 Å². The number of halogens is 4. The molecule has 17 heavy (non-hydrogen) atoms. The maximum absolute atomic E-state index is 12.9. The van der Waals surface area contributed by atoms with E-state index in [4.69, 9.17) is 0 Å². The molecule has 5 heteroatoms. The van der Waals surface area contributed by atoms with E-state index in [1.54, 1.807) is 19.1 Å². The van der Waals surface area contributed by atoms with Crippen LogP contribution in [0.5, 0.6) is 0 Å². The lowest BCUT2D eigenvalue weighted by Crippen LogP contribution is -2.21. The zero-order valence-corrected chi connectivity index (χ0v) is 9.52. The first kappa shape index (κ1) is 14.0. The Hall–Kier alpha value is -1.10. The predicted octanol–water partition coefficient (Wildman–Crippen LogP) is 3.82. The average molecular weight is 249 g/mol. The van der Waals surface area contributed by atoms with Crippen molar-refractivity contribution in [3.05, 3.63) is 35.6 Å². The van der Waals surface area contributed by atoms with Gasteiger partial charge in [0.15, 0.2) is 0 Å². The van der Waals surface area contributed by atoms with Gasteiger partial charge in [-0.2, -0.15) is 13.2 Å². The van der Waals surface area contributed by atoms with Gasteiger partial charge in [0.25, 0.3) is 0 Å². The minimum Gasteiger partial charge on any atom is -0.310 e. The van der Waals surface area contributed by atoms with Gasteiger partial charge < -0.3 is 5.32 Å². The molecule has 96 valence electrons. The number of nitrogens with one attached hydrogen (secondary N) is 1. The number of hydrogen-bond acceptors (Lipinski definition) is 1. The molecule has 0 spiro atoms. The molecule has 1 aromatic carbocycles. The minimum absolute atomic E-state index is 0.0309. The lowest BCUT2D eigenvalue weighted by molar-refractivity contribution is -0.135. The highest BCUT2D eigenvalue weighted by Crippen LogP contribution is 2.21. The summed E-state index contributed by atoms with van der Waals surface area (Å²) in [7, 11) is 0. The van der Waals surface area contributed by atoms with Crippen LogP contribution < -0.4 is 5.32 Å². The lowest BCUT2D eigenvalue weighted by atomic mass is 10.1. The Morgan fingerprint density at radius 3 is 2.59 bits per heavy atom. The second-order valence-corrected chi connectivity index (χ2v) is 3.95. The summed E-state index contributed by atoms with van der Waals surface area (Å²) in [6.07, 6.45) is -4.87. The van der Waals surface area contributed by atoms with Crippen LogP contribution in [0.25, 0.3) is 0 Å². The molecule has 1 rings (SSSR count). The lowest BCUT2D eigenvalue weighted by Gasteiger charge is -2.14. The number of alkyl halides is 3. The van der Waals surface area contributed by atoms with Crippen molar-refractivity contribution in [2.75, 3.05) is 6.54 Å². The van der Waals surface area contributed by atoms with E-state index in [0.717, 1.165) is 5.56 Å². The zero-order valence-electron chi connectivity index (χ0n) is 9.52. The fourth-order valence-electron chi connectivity index (χ4n) is 1.50. The second-order valence-electron chi connectivity index (χ2n) is 3.95. The van der Waals surface area contributed by atoms with Gasteiger partial charge >= 0.3 is 6.18 Å². The quantitative estimate of drug-likeness (QED) is 0.618. The minimum atomic E-state index is -4.11. The van der Waals surface area contributed by atoms with Crippen LogP contribution in [0.3, 0.4) is 0 Å². The van der Waals surface area contributed by atoms with Crippen LogP contribution in [0, 0.1) is 5.82 Å². The van der Waals surface area contributed by atoms with E-state index in [0.29, 0.717) is 0 Å². The Kier molecular flexibility index (Phi) is 4.93. The molecule has 0 aromatic heterocycles. The zero-order chi connectivity index (χ0) is 12.9. The van der Waals surface area contributed by atoms with E-state index in [9.17, 15) is 17.6 Å². The third kappa shape index (κ3) is 5.68. The Balaban J connectivity index is 2.33. The topological polar surface area (TPSA) is 12.0 Å². The van der Waals surface area contributed by atoms with Crippen LogP contribution in [-0.4, -0.2) is 12.7 Å². The largest absolute Gasteiger partial charge is 0.389 e. The van der Waals surface area contributed by atoms with Gasteiger partial charge in [0, 0.05) is 12.5 Å². The van der Waals surface area contributed by atoms with Gasteiger partial charge in [0.05, 0.1) is 0 Å². The van der Waals surface area contributed by atoms with Crippen molar-refractivity contribution in [3.8, 4) is 0 Å². The molecule has 0 radical (unpaired) electrons. The van der Waals surface area contributed by atoms with Crippen LogP contribution in [0.4, 0.5) is 17.6 Å². The van der Waals surface area contributed by atoms with Crippen LogP contribution in [-0.2, 0) is 0 Å². The van der Waals surface area contributed by atoms with E-state index in [1.165, 1.54) is 12.1 Å². The van der Waals surface area contributed by atoms with Gasteiger partial charge in [-0.1, -0.05) is 12.1 Å². The monoisotopic (exact) mass is 249 g/mol. The summed E-state index contributed by atoms with van der Waals surface area (Å²) in [5.41, 5.74) is 0.733. The number of benzene rings is 1. The van der Waals surface area contributed by atoms with Crippen molar-refractivity contribution in [2.45, 2.75) is 32.0 Å². The van der Waals surface area contributed by atoms with Crippen LogP contribution >= 0.6 is 0 Å². The third-order valence-corrected chi connectivity index (χ3v) is 2.44. The Bertz CT molecular complexity index is 349.